The van der Waals surface area contributed by atoms with Crippen LogP contribution in [0.5, 0.6) is 5.75 Å². The molecule has 0 spiro atoms. The fraction of sp³-hybridized carbons (Fsp3) is 0.353. The van der Waals surface area contributed by atoms with Gasteiger partial charge in [-0.3, -0.25) is 9.59 Å². The molecule has 3 rings (SSSR count). The number of nitrogens with one attached hydrogen (secondary N) is 1. The molecule has 25 heavy (non-hydrogen) atoms. The first-order valence-electron chi connectivity index (χ1n) is 7.73. The van der Waals surface area contributed by atoms with Crippen LogP contribution in [0.3, 0.4) is 0 Å². The van der Waals surface area contributed by atoms with Gasteiger partial charge in [-0.05, 0) is 26.0 Å². The summed E-state index contributed by atoms with van der Waals surface area (Å²) in [5.41, 5.74) is 1.69. The number of amides is 2. The van der Waals surface area contributed by atoms with Gasteiger partial charge in [0.1, 0.15) is 11.8 Å². The van der Waals surface area contributed by atoms with Crippen LogP contribution in [-0.4, -0.2) is 46.0 Å². The maximum atomic E-state index is 12.5. The lowest BCUT2D eigenvalue weighted by molar-refractivity contribution is -0.130. The van der Waals surface area contributed by atoms with Crippen molar-refractivity contribution in [2.24, 2.45) is 0 Å². The second kappa shape index (κ2) is 7.05. The van der Waals surface area contributed by atoms with Gasteiger partial charge in [-0.15, -0.1) is 23.1 Å². The summed E-state index contributed by atoms with van der Waals surface area (Å²) in [5.74, 6) is 1.12. The Morgan fingerprint density at radius 2 is 2.28 bits per heavy atom. The van der Waals surface area contributed by atoms with Crippen LogP contribution in [-0.2, 0) is 9.59 Å². The van der Waals surface area contributed by atoms with Crippen molar-refractivity contribution in [3.63, 3.8) is 0 Å². The number of thioether (sulfide) groups is 1. The third-order valence-corrected chi connectivity index (χ3v) is 6.23. The van der Waals surface area contributed by atoms with Crippen LogP contribution >= 0.6 is 23.1 Å². The molecule has 1 saturated heterocycles. The number of thiazole rings is 1. The fourth-order valence-electron chi connectivity index (χ4n) is 2.65. The number of rotatable bonds is 5. The van der Waals surface area contributed by atoms with Crippen molar-refractivity contribution in [3.8, 4) is 17.0 Å². The highest BCUT2D eigenvalue weighted by atomic mass is 32.2. The molecule has 1 aromatic carbocycles. The summed E-state index contributed by atoms with van der Waals surface area (Å²) in [7, 11) is 1.62. The smallest absolute Gasteiger partial charge is 0.249 e. The molecular formula is C17H19N3O3S2. The van der Waals surface area contributed by atoms with Gasteiger partial charge >= 0.3 is 0 Å². The lowest BCUT2D eigenvalue weighted by Gasteiger charge is -2.29. The predicted octanol–water partition coefficient (Wildman–Crippen LogP) is 3.07. The summed E-state index contributed by atoms with van der Waals surface area (Å²) in [6, 6.07) is 7.11. The summed E-state index contributed by atoms with van der Waals surface area (Å²) < 4.78 is 5.22. The maximum Gasteiger partial charge on any atom is 0.249 e. The van der Waals surface area contributed by atoms with E-state index in [0.717, 1.165) is 23.4 Å². The summed E-state index contributed by atoms with van der Waals surface area (Å²) in [6.45, 7) is 3.87. The zero-order chi connectivity index (χ0) is 18.0. The number of aromatic nitrogens is 1. The molecule has 0 radical (unpaired) electrons. The van der Waals surface area contributed by atoms with Gasteiger partial charge in [0, 0.05) is 16.7 Å². The molecule has 1 fully saturated rings. The molecule has 0 saturated carbocycles. The lowest BCUT2D eigenvalue weighted by Crippen LogP contribution is -2.47. The molecule has 1 aliphatic heterocycles. The van der Waals surface area contributed by atoms with E-state index in [0.29, 0.717) is 10.9 Å². The monoisotopic (exact) mass is 377 g/mol. The first-order valence-corrected chi connectivity index (χ1v) is 9.59. The number of ether oxygens (including phenoxy) is 1. The van der Waals surface area contributed by atoms with E-state index in [1.54, 1.807) is 23.8 Å². The molecule has 1 atom stereocenters. The molecule has 6 nitrogen and oxygen atoms in total. The molecular weight excluding hydrogens is 358 g/mol. The molecule has 132 valence electrons. The molecule has 1 aliphatic rings. The molecule has 1 N–H and O–H groups in total. The first kappa shape index (κ1) is 17.8. The van der Waals surface area contributed by atoms with Crippen LogP contribution < -0.4 is 10.1 Å². The second-order valence-electron chi connectivity index (χ2n) is 6.05. The molecule has 2 amide bonds. The predicted molar refractivity (Wildman–Crippen MR) is 101 cm³/mol. The van der Waals surface area contributed by atoms with E-state index in [9.17, 15) is 9.59 Å². The van der Waals surface area contributed by atoms with E-state index in [4.69, 9.17) is 4.74 Å². The Bertz CT molecular complexity index is 791. The van der Waals surface area contributed by atoms with Crippen LogP contribution in [0.25, 0.3) is 11.3 Å². The number of carbonyl (C=O) groups is 2. The van der Waals surface area contributed by atoms with E-state index < -0.39 is 6.04 Å². The number of methoxy groups -OCH3 is 1. The Balaban J connectivity index is 1.73. The van der Waals surface area contributed by atoms with Gasteiger partial charge < -0.3 is 15.0 Å². The number of benzene rings is 1. The fourth-order valence-corrected chi connectivity index (χ4v) is 4.57. The van der Waals surface area contributed by atoms with E-state index in [1.807, 2.05) is 43.5 Å². The second-order valence-corrected chi connectivity index (χ2v) is 8.52. The van der Waals surface area contributed by atoms with Crippen molar-refractivity contribution in [2.45, 2.75) is 24.8 Å². The van der Waals surface area contributed by atoms with Crippen LogP contribution in [0, 0.1) is 0 Å². The quantitative estimate of drug-likeness (QED) is 0.811. The minimum atomic E-state index is -0.485. The van der Waals surface area contributed by atoms with E-state index in [2.05, 4.69) is 10.3 Å². The third-order valence-electron chi connectivity index (χ3n) is 4.07. The standard InChI is InChI=1S/C17H19N3O3S2/c1-17(2)20(10-21)14(9-25-17)15(22)19-16-18-13(8-24-16)11-5-4-6-12(7-11)23-3/h4-8,10,14H,9H2,1-3H3,(H,18,19,22)/t14-/m1/s1. The number of hydrogen-bond acceptors (Lipinski definition) is 6. The van der Waals surface area contributed by atoms with Gasteiger partial charge in [-0.2, -0.15) is 0 Å². The minimum Gasteiger partial charge on any atom is -0.497 e. The highest BCUT2D eigenvalue weighted by molar-refractivity contribution is 8.00. The molecule has 8 heteroatoms. The third kappa shape index (κ3) is 3.64. The minimum absolute atomic E-state index is 0.211. The van der Waals surface area contributed by atoms with Crippen molar-refractivity contribution in [3.05, 3.63) is 29.6 Å². The number of hydrogen-bond donors (Lipinski definition) is 1. The summed E-state index contributed by atoms with van der Waals surface area (Å²) >= 11 is 2.94. The normalized spacial score (nSPS) is 18.8. The Kier molecular flexibility index (Phi) is 5.01. The highest BCUT2D eigenvalue weighted by Gasteiger charge is 2.43. The average Bonchev–Trinajstić information content (AvgIpc) is 3.18. The largest absolute Gasteiger partial charge is 0.497 e. The number of anilines is 1. The Hall–Kier alpha value is -2.06. The summed E-state index contributed by atoms with van der Waals surface area (Å²) in [4.78, 5) is 29.5. The molecule has 0 aliphatic carbocycles. The maximum absolute atomic E-state index is 12.5. The highest BCUT2D eigenvalue weighted by Crippen LogP contribution is 2.38. The molecule has 2 aromatic rings. The Morgan fingerprint density at radius 1 is 1.48 bits per heavy atom. The summed E-state index contributed by atoms with van der Waals surface area (Å²) in [5, 5.41) is 5.23. The van der Waals surface area contributed by atoms with Crippen molar-refractivity contribution in [1.82, 2.24) is 9.88 Å². The van der Waals surface area contributed by atoms with Crippen LogP contribution in [0.15, 0.2) is 29.6 Å². The van der Waals surface area contributed by atoms with Gasteiger partial charge in [0.2, 0.25) is 12.3 Å². The van der Waals surface area contributed by atoms with Crippen LogP contribution in [0.1, 0.15) is 13.8 Å². The van der Waals surface area contributed by atoms with Gasteiger partial charge in [-0.1, -0.05) is 12.1 Å². The molecule has 1 aromatic heterocycles. The van der Waals surface area contributed by atoms with E-state index in [-0.39, 0.29) is 10.8 Å². The topological polar surface area (TPSA) is 71.5 Å². The first-order chi connectivity index (χ1) is 11.9. The number of carbonyl (C=O) groups excluding carboxylic acids is 2. The lowest BCUT2D eigenvalue weighted by atomic mass is 10.2. The van der Waals surface area contributed by atoms with Gasteiger partial charge in [0.25, 0.3) is 0 Å². The van der Waals surface area contributed by atoms with Gasteiger partial charge in [0.15, 0.2) is 5.13 Å². The van der Waals surface area contributed by atoms with Crippen molar-refractivity contribution < 1.29 is 14.3 Å². The van der Waals surface area contributed by atoms with Crippen molar-refractivity contribution >= 4 is 40.5 Å². The van der Waals surface area contributed by atoms with E-state index in [1.165, 1.54) is 11.3 Å². The van der Waals surface area contributed by atoms with Crippen LogP contribution in [0.4, 0.5) is 5.13 Å². The average molecular weight is 377 g/mol. The summed E-state index contributed by atoms with van der Waals surface area (Å²) in [6.07, 6.45) is 0.744. The number of nitrogens with zero attached hydrogens (tertiary/aromatic N) is 2. The zero-order valence-electron chi connectivity index (χ0n) is 14.2. The molecule has 0 bridgehead atoms. The zero-order valence-corrected chi connectivity index (χ0v) is 15.8. The molecule has 0 unspecified atom stereocenters. The van der Waals surface area contributed by atoms with Crippen LogP contribution in [0.2, 0.25) is 0 Å². The van der Waals surface area contributed by atoms with Crippen molar-refractivity contribution in [2.75, 3.05) is 18.2 Å². The Labute approximate surface area is 154 Å². The van der Waals surface area contributed by atoms with Crippen molar-refractivity contribution in [1.29, 1.82) is 0 Å². The van der Waals surface area contributed by atoms with Gasteiger partial charge in [-0.25, -0.2) is 4.98 Å². The molecule has 2 heterocycles. The Morgan fingerprint density at radius 3 is 3.00 bits per heavy atom. The van der Waals surface area contributed by atoms with E-state index >= 15 is 0 Å². The SMILES string of the molecule is COc1cccc(-c2csc(NC(=O)[C@H]3CSC(C)(C)N3C=O)n2)c1. The van der Waals surface area contributed by atoms with Gasteiger partial charge in [0.05, 0.1) is 17.7 Å².